The molecule has 0 amide bonds. The molecule has 0 saturated carbocycles. The molecule has 0 saturated heterocycles. The normalized spacial score (nSPS) is 16.3. The lowest BCUT2D eigenvalue weighted by Gasteiger charge is -2.13. The Labute approximate surface area is 111 Å². The van der Waals surface area contributed by atoms with Gasteiger partial charge in [0.15, 0.2) is 0 Å². The van der Waals surface area contributed by atoms with Gasteiger partial charge in [-0.3, -0.25) is 0 Å². The van der Waals surface area contributed by atoms with Crippen molar-refractivity contribution >= 4 is 23.8 Å². The molecule has 0 radical (unpaired) electrons. The number of rotatable bonds is 0. The maximum atomic E-state index is 9.48. The molecular weight excluding hydrogens is 242 g/mol. The van der Waals surface area contributed by atoms with E-state index in [1.165, 1.54) is 0 Å². The quantitative estimate of drug-likeness (QED) is 0.677. The van der Waals surface area contributed by atoms with Crippen LogP contribution >= 0.6 is 11.6 Å². The minimum atomic E-state index is -0.259. The molecule has 3 rings (SSSR count). The molecule has 0 unspecified atom stereocenters. The summed E-state index contributed by atoms with van der Waals surface area (Å²) in [5.41, 5.74) is 4.17. The number of fused-ring (bicyclic) bond motifs is 2. The van der Waals surface area contributed by atoms with E-state index in [2.05, 4.69) is 12.1 Å². The van der Waals surface area contributed by atoms with Gasteiger partial charge < -0.3 is 0 Å². The zero-order chi connectivity index (χ0) is 12.5. The van der Waals surface area contributed by atoms with Gasteiger partial charge in [-0.05, 0) is 34.4 Å². The average Bonchev–Trinajstić information content (AvgIpc) is 2.54. The predicted molar refractivity (Wildman–Crippen MR) is 74.3 cm³/mol. The Morgan fingerprint density at radius 1 is 0.944 bits per heavy atom. The Kier molecular flexibility index (Phi) is 2.66. The summed E-state index contributed by atoms with van der Waals surface area (Å²) >= 11 is 6.05. The first kappa shape index (κ1) is 11.1. The first-order valence-corrected chi connectivity index (χ1v) is 6.13. The molecule has 0 heterocycles. The van der Waals surface area contributed by atoms with Crippen molar-refractivity contribution in [2.45, 2.75) is 5.92 Å². The molecule has 0 aromatic heterocycles. The monoisotopic (exact) mass is 251 g/mol. The van der Waals surface area contributed by atoms with Crippen LogP contribution in [0.2, 0.25) is 5.02 Å². The van der Waals surface area contributed by atoms with Crippen molar-refractivity contribution in [2.24, 2.45) is 0 Å². The topological polar surface area (TPSA) is 23.8 Å². The van der Waals surface area contributed by atoms with Gasteiger partial charge in [-0.15, -0.1) is 0 Å². The highest BCUT2D eigenvalue weighted by Crippen LogP contribution is 2.35. The van der Waals surface area contributed by atoms with Crippen molar-refractivity contribution in [3.8, 4) is 6.07 Å². The Balaban J connectivity index is 2.30. The van der Waals surface area contributed by atoms with Gasteiger partial charge >= 0.3 is 0 Å². The van der Waals surface area contributed by atoms with Crippen molar-refractivity contribution in [3.05, 3.63) is 69.7 Å². The highest BCUT2D eigenvalue weighted by Gasteiger charge is 2.20. The van der Waals surface area contributed by atoms with E-state index in [1.54, 1.807) is 0 Å². The number of benzene rings is 2. The summed E-state index contributed by atoms with van der Waals surface area (Å²) in [6.45, 7) is 0. The molecule has 0 bridgehead atoms. The second-order valence-corrected chi connectivity index (χ2v) is 4.73. The van der Waals surface area contributed by atoms with Gasteiger partial charge in [-0.25, -0.2) is 0 Å². The van der Waals surface area contributed by atoms with Gasteiger partial charge in [0.2, 0.25) is 0 Å². The van der Waals surface area contributed by atoms with Gasteiger partial charge in [-0.2, -0.15) is 5.26 Å². The van der Waals surface area contributed by atoms with Crippen molar-refractivity contribution in [3.63, 3.8) is 0 Å². The van der Waals surface area contributed by atoms with E-state index in [0.29, 0.717) is 5.02 Å². The fourth-order valence-electron chi connectivity index (χ4n) is 2.36. The molecular formula is C16H10ClN. The first-order valence-electron chi connectivity index (χ1n) is 5.75. The van der Waals surface area contributed by atoms with E-state index < -0.39 is 0 Å². The van der Waals surface area contributed by atoms with E-state index >= 15 is 0 Å². The molecule has 1 nitrogen and oxygen atoms in total. The number of hydrogen-bond acceptors (Lipinski definition) is 1. The third kappa shape index (κ3) is 1.72. The van der Waals surface area contributed by atoms with Crippen LogP contribution in [0.3, 0.4) is 0 Å². The Hall–Kier alpha value is -2.04. The Bertz CT molecular complexity index is 680. The second kappa shape index (κ2) is 4.33. The lowest BCUT2D eigenvalue weighted by atomic mass is 9.89. The SMILES string of the molecule is N#C[C@H]1c2ccccc2C=Cc2ccc(Cl)cc21. The second-order valence-electron chi connectivity index (χ2n) is 4.30. The Morgan fingerprint density at radius 2 is 1.67 bits per heavy atom. The van der Waals surface area contributed by atoms with E-state index in [0.717, 1.165) is 22.3 Å². The van der Waals surface area contributed by atoms with Crippen molar-refractivity contribution in [1.29, 1.82) is 5.26 Å². The molecule has 0 fully saturated rings. The number of hydrogen-bond donors (Lipinski definition) is 0. The van der Waals surface area contributed by atoms with Crippen LogP contribution in [0.25, 0.3) is 12.2 Å². The molecule has 18 heavy (non-hydrogen) atoms. The molecule has 2 aromatic rings. The maximum absolute atomic E-state index is 9.48. The number of halogens is 1. The van der Waals surface area contributed by atoms with Gasteiger partial charge in [0.05, 0.1) is 12.0 Å². The largest absolute Gasteiger partial charge is 0.197 e. The number of nitrogens with zero attached hydrogens (tertiary/aromatic N) is 1. The van der Waals surface area contributed by atoms with E-state index in [4.69, 9.17) is 11.6 Å². The average molecular weight is 252 g/mol. The summed E-state index contributed by atoms with van der Waals surface area (Å²) in [4.78, 5) is 0. The summed E-state index contributed by atoms with van der Waals surface area (Å²) in [6.07, 6.45) is 4.10. The summed E-state index contributed by atoms with van der Waals surface area (Å²) in [7, 11) is 0. The Morgan fingerprint density at radius 3 is 2.44 bits per heavy atom. The summed E-state index contributed by atoms with van der Waals surface area (Å²) in [5.74, 6) is -0.259. The zero-order valence-corrected chi connectivity index (χ0v) is 10.4. The molecule has 2 heteroatoms. The van der Waals surface area contributed by atoms with E-state index in [9.17, 15) is 5.26 Å². The molecule has 1 atom stereocenters. The third-order valence-electron chi connectivity index (χ3n) is 3.24. The summed E-state index contributed by atoms with van der Waals surface area (Å²) in [5, 5.41) is 10.1. The van der Waals surface area contributed by atoms with Crippen LogP contribution in [-0.4, -0.2) is 0 Å². The van der Waals surface area contributed by atoms with Crippen molar-refractivity contribution < 1.29 is 0 Å². The highest BCUT2D eigenvalue weighted by molar-refractivity contribution is 6.30. The number of nitriles is 1. The van der Waals surface area contributed by atoms with Crippen LogP contribution in [-0.2, 0) is 0 Å². The molecule has 0 N–H and O–H groups in total. The zero-order valence-electron chi connectivity index (χ0n) is 9.60. The van der Waals surface area contributed by atoms with Crippen molar-refractivity contribution in [1.82, 2.24) is 0 Å². The van der Waals surface area contributed by atoms with Crippen LogP contribution in [0, 0.1) is 11.3 Å². The lowest BCUT2D eigenvalue weighted by molar-refractivity contribution is 1.03. The fourth-order valence-corrected chi connectivity index (χ4v) is 2.54. The van der Waals surface area contributed by atoms with Gasteiger partial charge in [0, 0.05) is 5.02 Å². The van der Waals surface area contributed by atoms with Crippen molar-refractivity contribution in [2.75, 3.05) is 0 Å². The van der Waals surface area contributed by atoms with Crippen LogP contribution in [0.1, 0.15) is 28.2 Å². The van der Waals surface area contributed by atoms with Gasteiger partial charge in [0.25, 0.3) is 0 Å². The van der Waals surface area contributed by atoms with Crippen LogP contribution in [0.4, 0.5) is 0 Å². The fraction of sp³-hybridized carbons (Fsp3) is 0.0625. The first-order chi connectivity index (χ1) is 8.79. The minimum absolute atomic E-state index is 0.259. The molecule has 2 aromatic carbocycles. The van der Waals surface area contributed by atoms with E-state index in [-0.39, 0.29) is 5.92 Å². The predicted octanol–water partition coefficient (Wildman–Crippen LogP) is 4.48. The highest BCUT2D eigenvalue weighted by atomic mass is 35.5. The van der Waals surface area contributed by atoms with Gasteiger partial charge in [-0.1, -0.05) is 54.1 Å². The molecule has 0 spiro atoms. The molecule has 86 valence electrons. The lowest BCUT2D eigenvalue weighted by Crippen LogP contribution is -2.01. The minimum Gasteiger partial charge on any atom is -0.197 e. The third-order valence-corrected chi connectivity index (χ3v) is 3.47. The van der Waals surface area contributed by atoms with Crippen LogP contribution in [0.5, 0.6) is 0 Å². The summed E-state index contributed by atoms with van der Waals surface area (Å²) in [6, 6.07) is 16.1. The molecule has 1 aliphatic rings. The summed E-state index contributed by atoms with van der Waals surface area (Å²) < 4.78 is 0. The standard InChI is InChI=1S/C16H10ClN/c17-13-8-7-12-6-5-11-3-1-2-4-14(11)16(10-18)15(12)9-13/h1-9,16H/t16-/m0/s1. The van der Waals surface area contributed by atoms with Gasteiger partial charge in [0.1, 0.15) is 0 Å². The molecule has 0 aliphatic heterocycles. The smallest absolute Gasteiger partial charge is 0.0974 e. The van der Waals surface area contributed by atoms with Crippen LogP contribution < -0.4 is 0 Å². The van der Waals surface area contributed by atoms with Crippen LogP contribution in [0.15, 0.2) is 42.5 Å². The molecule has 1 aliphatic carbocycles. The van der Waals surface area contributed by atoms with E-state index in [1.807, 2.05) is 48.5 Å². The maximum Gasteiger partial charge on any atom is 0.0974 e.